The fourth-order valence-electron chi connectivity index (χ4n) is 3.29. The summed E-state index contributed by atoms with van der Waals surface area (Å²) in [6.07, 6.45) is -0.350. The molecule has 2 heterocycles. The third-order valence-electron chi connectivity index (χ3n) is 4.55. The van der Waals surface area contributed by atoms with E-state index in [4.69, 9.17) is 9.15 Å². The number of hydrogen-bond donors (Lipinski definition) is 1. The Morgan fingerprint density at radius 2 is 1.96 bits per heavy atom. The van der Waals surface area contributed by atoms with E-state index in [1.54, 1.807) is 19.1 Å². The number of fused-ring (bicyclic) bond motifs is 1. The number of halogens is 1. The van der Waals surface area contributed by atoms with Crippen LogP contribution < -0.4 is 5.32 Å². The molecule has 0 bridgehead atoms. The van der Waals surface area contributed by atoms with Gasteiger partial charge in [0.2, 0.25) is 10.0 Å². The zero-order valence-electron chi connectivity index (χ0n) is 15.5. The normalized spacial score (nSPS) is 21.5. The van der Waals surface area contributed by atoms with Crippen molar-refractivity contribution in [3.05, 3.63) is 35.3 Å². The molecule has 2 atom stereocenters. The number of carbonyl (C=O) groups is 1. The molecule has 0 spiro atoms. The zero-order valence-corrected chi connectivity index (χ0v) is 16.3. The second-order valence-corrected chi connectivity index (χ2v) is 8.91. The number of para-hydroxylation sites is 1. The van der Waals surface area contributed by atoms with E-state index in [1.165, 1.54) is 10.4 Å². The average Bonchev–Trinajstić information content (AvgIpc) is 2.92. The van der Waals surface area contributed by atoms with E-state index in [0.717, 1.165) is 0 Å². The summed E-state index contributed by atoms with van der Waals surface area (Å²) in [5.74, 6) is -1.36. The molecular weight excluding hydrogens is 375 g/mol. The molecule has 0 saturated carbocycles. The van der Waals surface area contributed by atoms with Crippen LogP contribution in [0.3, 0.4) is 0 Å². The second kappa shape index (κ2) is 7.57. The van der Waals surface area contributed by atoms with Gasteiger partial charge in [-0.1, -0.05) is 12.1 Å². The van der Waals surface area contributed by atoms with Gasteiger partial charge in [0, 0.05) is 30.6 Å². The number of aryl methyl sites for hydroxylation is 1. The lowest BCUT2D eigenvalue weighted by atomic mass is 10.1. The Labute approximate surface area is 157 Å². The van der Waals surface area contributed by atoms with Gasteiger partial charge < -0.3 is 14.5 Å². The van der Waals surface area contributed by atoms with Crippen molar-refractivity contribution in [2.24, 2.45) is 0 Å². The summed E-state index contributed by atoms with van der Waals surface area (Å²) in [7, 11) is -3.52. The Bertz CT molecular complexity index is 946. The van der Waals surface area contributed by atoms with Crippen molar-refractivity contribution < 1.29 is 26.8 Å². The Kier molecular flexibility index (Phi) is 5.55. The summed E-state index contributed by atoms with van der Waals surface area (Å²) in [4.78, 5) is 12.4. The van der Waals surface area contributed by atoms with E-state index < -0.39 is 21.7 Å². The maximum absolute atomic E-state index is 13.8. The quantitative estimate of drug-likeness (QED) is 0.833. The molecule has 0 radical (unpaired) electrons. The van der Waals surface area contributed by atoms with Crippen molar-refractivity contribution >= 4 is 26.9 Å². The standard InChI is InChI=1S/C18H23FN2O5S/c1-11-9-21(10-12(2)25-11)27(23,24)8-7-20-18(22)16-13(3)14-5-4-6-15(19)17(14)26-16/h4-6,11-12H,7-10H2,1-3H3,(H,20,22)/t11-,12+. The smallest absolute Gasteiger partial charge is 0.287 e. The first-order valence-electron chi connectivity index (χ1n) is 8.78. The van der Waals surface area contributed by atoms with Crippen LogP contribution in [0, 0.1) is 12.7 Å². The summed E-state index contributed by atoms with van der Waals surface area (Å²) >= 11 is 0. The van der Waals surface area contributed by atoms with Crippen molar-refractivity contribution in [3.63, 3.8) is 0 Å². The van der Waals surface area contributed by atoms with Gasteiger partial charge in [-0.25, -0.2) is 12.8 Å². The van der Waals surface area contributed by atoms with E-state index >= 15 is 0 Å². The number of benzene rings is 1. The van der Waals surface area contributed by atoms with Crippen molar-refractivity contribution in [1.82, 2.24) is 9.62 Å². The van der Waals surface area contributed by atoms with E-state index in [2.05, 4.69) is 5.32 Å². The van der Waals surface area contributed by atoms with Crippen LogP contribution in [0.15, 0.2) is 22.6 Å². The molecule has 1 aromatic heterocycles. The first-order valence-corrected chi connectivity index (χ1v) is 10.4. The average molecular weight is 398 g/mol. The van der Waals surface area contributed by atoms with Crippen LogP contribution in [-0.2, 0) is 14.8 Å². The van der Waals surface area contributed by atoms with E-state index in [0.29, 0.717) is 24.0 Å². The van der Waals surface area contributed by atoms with Crippen LogP contribution in [0.2, 0.25) is 0 Å². The van der Waals surface area contributed by atoms with Crippen LogP contribution in [0.1, 0.15) is 30.0 Å². The Morgan fingerprint density at radius 1 is 1.30 bits per heavy atom. The minimum Gasteiger partial charge on any atom is -0.448 e. The van der Waals surface area contributed by atoms with E-state index in [9.17, 15) is 17.6 Å². The maximum Gasteiger partial charge on any atom is 0.287 e. The summed E-state index contributed by atoms with van der Waals surface area (Å²) in [5, 5.41) is 3.06. The molecule has 0 unspecified atom stereocenters. The summed E-state index contributed by atoms with van der Waals surface area (Å²) < 4.78 is 51.1. The lowest BCUT2D eigenvalue weighted by Gasteiger charge is -2.34. The number of amides is 1. The number of morpholine rings is 1. The maximum atomic E-state index is 13.8. The topological polar surface area (TPSA) is 88.9 Å². The van der Waals surface area contributed by atoms with Crippen LogP contribution in [0.4, 0.5) is 4.39 Å². The van der Waals surface area contributed by atoms with Gasteiger partial charge in [-0.3, -0.25) is 4.79 Å². The van der Waals surface area contributed by atoms with Gasteiger partial charge in [0.1, 0.15) is 0 Å². The number of sulfonamides is 1. The highest BCUT2D eigenvalue weighted by Crippen LogP contribution is 2.27. The van der Waals surface area contributed by atoms with Gasteiger partial charge in [0.05, 0.1) is 18.0 Å². The first-order chi connectivity index (χ1) is 12.7. The lowest BCUT2D eigenvalue weighted by molar-refractivity contribution is -0.0440. The van der Waals surface area contributed by atoms with E-state index in [1.807, 2.05) is 13.8 Å². The van der Waals surface area contributed by atoms with Gasteiger partial charge in [-0.2, -0.15) is 4.31 Å². The van der Waals surface area contributed by atoms with Crippen molar-refractivity contribution in [2.45, 2.75) is 33.0 Å². The lowest BCUT2D eigenvalue weighted by Crippen LogP contribution is -2.49. The predicted molar refractivity (Wildman–Crippen MR) is 98.6 cm³/mol. The number of rotatable bonds is 5. The molecule has 3 rings (SSSR count). The van der Waals surface area contributed by atoms with Crippen LogP contribution in [0.5, 0.6) is 0 Å². The van der Waals surface area contributed by atoms with Gasteiger partial charge in [-0.15, -0.1) is 0 Å². The number of ether oxygens (including phenoxy) is 1. The summed E-state index contributed by atoms with van der Waals surface area (Å²) in [6.45, 7) is 5.83. The SMILES string of the molecule is Cc1c(C(=O)NCCS(=O)(=O)N2C[C@@H](C)O[C@@H](C)C2)oc2c(F)cccc12. The Morgan fingerprint density at radius 3 is 2.59 bits per heavy atom. The number of carbonyl (C=O) groups excluding carboxylic acids is 1. The predicted octanol–water partition coefficient (Wildman–Crippen LogP) is 2.05. The number of nitrogens with zero attached hydrogens (tertiary/aromatic N) is 1. The first kappa shape index (κ1) is 19.8. The molecule has 2 aromatic rings. The summed E-state index contributed by atoms with van der Waals surface area (Å²) in [6, 6.07) is 4.46. The molecular formula is C18H23FN2O5S. The van der Waals surface area contributed by atoms with E-state index in [-0.39, 0.29) is 35.8 Å². The Balaban J connectivity index is 1.64. The molecule has 9 heteroatoms. The van der Waals surface area contributed by atoms with Crippen LogP contribution in [-0.4, -0.2) is 56.2 Å². The van der Waals surface area contributed by atoms with Crippen molar-refractivity contribution in [3.8, 4) is 0 Å². The minimum absolute atomic E-state index is 0.0129. The monoisotopic (exact) mass is 398 g/mol. The fourth-order valence-corrected chi connectivity index (χ4v) is 4.78. The molecule has 1 fully saturated rings. The van der Waals surface area contributed by atoms with Gasteiger partial charge in [-0.05, 0) is 26.8 Å². The third kappa shape index (κ3) is 4.15. The minimum atomic E-state index is -3.52. The highest BCUT2D eigenvalue weighted by Gasteiger charge is 2.31. The molecule has 27 heavy (non-hydrogen) atoms. The van der Waals surface area contributed by atoms with Gasteiger partial charge in [0.25, 0.3) is 5.91 Å². The zero-order chi connectivity index (χ0) is 19.8. The van der Waals surface area contributed by atoms with Crippen molar-refractivity contribution in [2.75, 3.05) is 25.4 Å². The third-order valence-corrected chi connectivity index (χ3v) is 6.35. The largest absolute Gasteiger partial charge is 0.448 e. The molecule has 0 aliphatic carbocycles. The van der Waals surface area contributed by atoms with Crippen LogP contribution in [0.25, 0.3) is 11.0 Å². The second-order valence-electron chi connectivity index (χ2n) is 6.82. The number of nitrogens with one attached hydrogen (secondary N) is 1. The van der Waals surface area contributed by atoms with Crippen molar-refractivity contribution in [1.29, 1.82) is 0 Å². The fraction of sp³-hybridized carbons (Fsp3) is 0.500. The molecule has 148 valence electrons. The molecule has 1 saturated heterocycles. The molecule has 1 aromatic carbocycles. The molecule has 1 aliphatic rings. The van der Waals surface area contributed by atoms with Crippen LogP contribution >= 0.6 is 0 Å². The highest BCUT2D eigenvalue weighted by atomic mass is 32.2. The van der Waals surface area contributed by atoms with Gasteiger partial charge >= 0.3 is 0 Å². The number of furan rings is 1. The molecule has 1 amide bonds. The van der Waals surface area contributed by atoms with Gasteiger partial charge in [0.15, 0.2) is 17.2 Å². The summed E-state index contributed by atoms with van der Waals surface area (Å²) in [5.41, 5.74) is 0.532. The molecule has 7 nitrogen and oxygen atoms in total. The molecule has 1 N–H and O–H groups in total. The highest BCUT2D eigenvalue weighted by molar-refractivity contribution is 7.89. The molecule has 1 aliphatic heterocycles. The number of hydrogen-bond acceptors (Lipinski definition) is 5. The Hall–Kier alpha value is -1.97.